The Labute approximate surface area is 91.9 Å². The molecule has 4 nitrogen and oxygen atoms in total. The Hall–Kier alpha value is -0.0131. The van der Waals surface area contributed by atoms with Gasteiger partial charge in [0.15, 0.2) is 0 Å². The van der Waals surface area contributed by atoms with E-state index in [1.807, 2.05) is 20.8 Å². The molecule has 0 fully saturated rings. The minimum absolute atomic E-state index is 0.0575. The molecule has 0 atom stereocenters. The van der Waals surface area contributed by atoms with Crippen molar-refractivity contribution in [1.82, 2.24) is 0 Å². The largest absolute Gasteiger partial charge is 0.501 e. The summed E-state index contributed by atoms with van der Waals surface area (Å²) in [5, 5.41) is 0. The van der Waals surface area contributed by atoms with E-state index >= 15 is 0 Å². The van der Waals surface area contributed by atoms with Crippen LogP contribution in [0.4, 0.5) is 4.53 Å². The van der Waals surface area contributed by atoms with E-state index in [4.69, 9.17) is 13.3 Å². The van der Waals surface area contributed by atoms with Crippen molar-refractivity contribution in [3.63, 3.8) is 0 Å². The molecule has 0 heterocycles. The van der Waals surface area contributed by atoms with Crippen LogP contribution in [0.15, 0.2) is 0 Å². The molecule has 0 rings (SSSR count). The number of hydrogen-bond acceptors (Lipinski definition) is 4. The Bertz CT molecular complexity index is 131. The predicted octanol–water partition coefficient (Wildman–Crippen LogP) is 2.33. The summed E-state index contributed by atoms with van der Waals surface area (Å²) in [4.78, 5) is 3.53. The molecule has 0 aromatic heterocycles. The van der Waals surface area contributed by atoms with Gasteiger partial charge in [0.1, 0.15) is 0 Å². The lowest BCUT2D eigenvalue weighted by Crippen LogP contribution is -2.46. The van der Waals surface area contributed by atoms with E-state index in [9.17, 15) is 4.53 Å². The zero-order chi connectivity index (χ0) is 11.6. The lowest BCUT2D eigenvalue weighted by Gasteiger charge is -2.28. The van der Waals surface area contributed by atoms with Crippen LogP contribution in [0, 0.1) is 0 Å². The number of rotatable bonds is 10. The molecule has 0 aromatic rings. The van der Waals surface area contributed by atoms with Crippen molar-refractivity contribution in [2.75, 3.05) is 26.4 Å². The van der Waals surface area contributed by atoms with Gasteiger partial charge in [-0.3, -0.25) is 0 Å². The van der Waals surface area contributed by atoms with Crippen molar-refractivity contribution < 1.29 is 22.7 Å². The van der Waals surface area contributed by atoms with Crippen LogP contribution in [0.25, 0.3) is 0 Å². The highest BCUT2D eigenvalue weighted by Crippen LogP contribution is 2.18. The summed E-state index contributed by atoms with van der Waals surface area (Å²) >= 11 is 0. The van der Waals surface area contributed by atoms with Gasteiger partial charge in [0.2, 0.25) is 0 Å². The summed E-state index contributed by atoms with van der Waals surface area (Å²) < 4.78 is 28.2. The minimum atomic E-state index is -2.58. The first-order chi connectivity index (χ1) is 7.24. The maximum atomic E-state index is 11.5. The third-order valence-electron chi connectivity index (χ3n) is 1.80. The van der Waals surface area contributed by atoms with E-state index in [2.05, 4.69) is 4.94 Å². The van der Waals surface area contributed by atoms with Gasteiger partial charge in [-0.1, -0.05) is 0 Å². The van der Waals surface area contributed by atoms with Crippen LogP contribution < -0.4 is 0 Å². The first-order valence-electron chi connectivity index (χ1n) is 5.40. The fourth-order valence-electron chi connectivity index (χ4n) is 1.34. The smallest absolute Gasteiger partial charge is 0.374 e. The molecular formula is C9H21FO4Si. The van der Waals surface area contributed by atoms with Crippen molar-refractivity contribution in [2.24, 2.45) is 0 Å². The van der Waals surface area contributed by atoms with Gasteiger partial charge in [-0.15, -0.1) is 0 Å². The second kappa shape index (κ2) is 9.23. The van der Waals surface area contributed by atoms with Crippen LogP contribution in [0.2, 0.25) is 6.04 Å². The average molecular weight is 240 g/mol. The summed E-state index contributed by atoms with van der Waals surface area (Å²) in [7, 11) is -2.58. The molecule has 0 radical (unpaired) electrons. The molecular weight excluding hydrogens is 219 g/mol. The van der Waals surface area contributed by atoms with Crippen LogP contribution in [-0.2, 0) is 18.2 Å². The molecule has 0 amide bonds. The maximum absolute atomic E-state index is 11.5. The first kappa shape index (κ1) is 15.0. The van der Waals surface area contributed by atoms with Gasteiger partial charge < -0.3 is 13.3 Å². The third kappa shape index (κ3) is 6.21. The van der Waals surface area contributed by atoms with Crippen molar-refractivity contribution in [1.29, 1.82) is 0 Å². The molecule has 0 N–H and O–H groups in total. The first-order valence-corrected chi connectivity index (χ1v) is 7.33. The van der Waals surface area contributed by atoms with Crippen molar-refractivity contribution in [3.8, 4) is 0 Å². The van der Waals surface area contributed by atoms with Crippen LogP contribution in [0.3, 0.4) is 0 Å². The van der Waals surface area contributed by atoms with Crippen LogP contribution >= 0.6 is 0 Å². The second-order valence-electron chi connectivity index (χ2n) is 2.90. The highest BCUT2D eigenvalue weighted by atomic mass is 28.4. The van der Waals surface area contributed by atoms with E-state index in [1.165, 1.54) is 0 Å². The Morgan fingerprint density at radius 1 is 0.933 bits per heavy atom. The van der Waals surface area contributed by atoms with Gasteiger partial charge in [0, 0.05) is 25.9 Å². The highest BCUT2D eigenvalue weighted by Gasteiger charge is 2.39. The molecule has 0 aliphatic heterocycles. The Morgan fingerprint density at radius 3 is 1.73 bits per heavy atom. The SMILES string of the molecule is CCO[Si](CCCOF)(OCC)OCC. The predicted molar refractivity (Wildman–Crippen MR) is 57.1 cm³/mol. The second-order valence-corrected chi connectivity index (χ2v) is 5.63. The molecule has 0 aromatic carbocycles. The zero-order valence-electron chi connectivity index (χ0n) is 9.75. The summed E-state index contributed by atoms with van der Waals surface area (Å²) in [5.74, 6) is 0. The number of hydrogen-bond donors (Lipinski definition) is 0. The van der Waals surface area contributed by atoms with Gasteiger partial charge >= 0.3 is 8.80 Å². The van der Waals surface area contributed by atoms with Gasteiger partial charge in [-0.2, -0.15) is 4.94 Å². The molecule has 0 spiro atoms. The zero-order valence-corrected chi connectivity index (χ0v) is 10.8. The molecule has 0 saturated carbocycles. The Morgan fingerprint density at radius 2 is 1.40 bits per heavy atom. The summed E-state index contributed by atoms with van der Waals surface area (Å²) in [6, 6.07) is 0.590. The maximum Gasteiger partial charge on any atom is 0.501 e. The van der Waals surface area contributed by atoms with E-state index in [0.29, 0.717) is 32.3 Å². The third-order valence-corrected chi connectivity index (χ3v) is 4.95. The number of halogens is 1. The molecule has 92 valence electrons. The average Bonchev–Trinajstić information content (AvgIpc) is 2.19. The van der Waals surface area contributed by atoms with Gasteiger partial charge in [-0.05, 0) is 31.7 Å². The van der Waals surface area contributed by atoms with Crippen molar-refractivity contribution in [3.05, 3.63) is 0 Å². The van der Waals surface area contributed by atoms with Gasteiger partial charge in [-0.25, -0.2) is 0 Å². The van der Waals surface area contributed by atoms with Crippen LogP contribution in [-0.4, -0.2) is 35.2 Å². The van der Waals surface area contributed by atoms with Crippen LogP contribution in [0.1, 0.15) is 27.2 Å². The Kier molecular flexibility index (Phi) is 9.22. The summed E-state index contributed by atoms with van der Waals surface area (Å²) in [6.45, 7) is 7.37. The minimum Gasteiger partial charge on any atom is -0.374 e. The van der Waals surface area contributed by atoms with Gasteiger partial charge in [0.25, 0.3) is 0 Å². The Balaban J connectivity index is 4.18. The molecule has 0 aliphatic carbocycles. The fraction of sp³-hybridized carbons (Fsp3) is 1.00. The lowest BCUT2D eigenvalue weighted by molar-refractivity contribution is -0.132. The quantitative estimate of drug-likeness (QED) is 0.434. The van der Waals surface area contributed by atoms with Crippen molar-refractivity contribution in [2.45, 2.75) is 33.2 Å². The van der Waals surface area contributed by atoms with Crippen LogP contribution in [0.5, 0.6) is 0 Å². The molecule has 0 aliphatic rings. The monoisotopic (exact) mass is 240 g/mol. The fourth-order valence-corrected chi connectivity index (χ4v) is 3.92. The lowest BCUT2D eigenvalue weighted by atomic mass is 10.5. The highest BCUT2D eigenvalue weighted by molar-refractivity contribution is 6.60. The molecule has 15 heavy (non-hydrogen) atoms. The van der Waals surface area contributed by atoms with E-state index < -0.39 is 8.80 Å². The van der Waals surface area contributed by atoms with E-state index in [0.717, 1.165) is 0 Å². The summed E-state index contributed by atoms with van der Waals surface area (Å²) in [5.41, 5.74) is 0. The van der Waals surface area contributed by atoms with E-state index in [1.54, 1.807) is 0 Å². The molecule has 0 unspecified atom stereocenters. The molecule has 0 saturated heterocycles. The topological polar surface area (TPSA) is 36.9 Å². The van der Waals surface area contributed by atoms with E-state index in [-0.39, 0.29) is 6.61 Å². The molecule has 0 bridgehead atoms. The molecule has 6 heteroatoms. The summed E-state index contributed by atoms with van der Waals surface area (Å²) in [6.07, 6.45) is 0.544. The van der Waals surface area contributed by atoms with Gasteiger partial charge in [0.05, 0.1) is 6.61 Å². The normalized spacial score (nSPS) is 12.0. The standard InChI is InChI=1S/C9H21FO4Si/c1-4-12-15(13-5-2,14-6-3)9-7-8-11-10/h4-9H2,1-3H3. The van der Waals surface area contributed by atoms with Crippen molar-refractivity contribution >= 4 is 8.80 Å².